The van der Waals surface area contributed by atoms with Gasteiger partial charge in [-0.15, -0.1) is 0 Å². The molecule has 2 aromatic carbocycles. The minimum atomic E-state index is -0.154. The van der Waals surface area contributed by atoms with Crippen LogP contribution < -0.4 is 14.2 Å². The average molecular weight is 398 g/mol. The fourth-order valence-corrected chi connectivity index (χ4v) is 2.73. The Kier molecular flexibility index (Phi) is 7.42. The van der Waals surface area contributed by atoms with Gasteiger partial charge in [0.1, 0.15) is 5.75 Å². The van der Waals surface area contributed by atoms with E-state index < -0.39 is 0 Å². The second-order valence-corrected chi connectivity index (χ2v) is 6.30. The predicted octanol–water partition coefficient (Wildman–Crippen LogP) is 4.44. The van der Waals surface area contributed by atoms with E-state index in [4.69, 9.17) is 37.4 Å². The summed E-state index contributed by atoms with van der Waals surface area (Å²) in [6, 6.07) is 10.4. The smallest absolute Gasteiger partial charge is 0.260 e. The number of rotatable bonds is 8. The molecule has 26 heavy (non-hydrogen) atoms. The molecule has 0 saturated heterocycles. The highest BCUT2D eigenvalue weighted by molar-refractivity contribution is 6.34. The van der Waals surface area contributed by atoms with Crippen LogP contribution >= 0.6 is 23.2 Å². The normalized spacial score (nSPS) is 10.3. The van der Waals surface area contributed by atoms with E-state index in [0.29, 0.717) is 40.4 Å². The van der Waals surface area contributed by atoms with Crippen molar-refractivity contribution in [3.63, 3.8) is 0 Å². The van der Waals surface area contributed by atoms with E-state index in [1.54, 1.807) is 37.3 Å². The molecular weight excluding hydrogens is 377 g/mol. The number of hydrogen-bond donors (Lipinski definition) is 0. The lowest BCUT2D eigenvalue weighted by Gasteiger charge is -2.22. The van der Waals surface area contributed by atoms with Crippen LogP contribution in [0.5, 0.6) is 17.2 Å². The van der Waals surface area contributed by atoms with E-state index in [-0.39, 0.29) is 12.5 Å². The first-order valence-corrected chi connectivity index (χ1v) is 8.80. The summed E-state index contributed by atoms with van der Waals surface area (Å²) in [5, 5.41) is 0.902. The number of carbonyl (C=O) groups is 1. The van der Waals surface area contributed by atoms with Crippen LogP contribution in [0, 0.1) is 0 Å². The molecule has 0 aliphatic rings. The number of nitrogens with zero attached hydrogens (tertiary/aromatic N) is 1. The van der Waals surface area contributed by atoms with Gasteiger partial charge in [-0.2, -0.15) is 0 Å². The Morgan fingerprint density at radius 2 is 1.73 bits per heavy atom. The summed E-state index contributed by atoms with van der Waals surface area (Å²) in [7, 11) is 3.16. The van der Waals surface area contributed by atoms with Gasteiger partial charge in [0, 0.05) is 24.2 Å². The molecule has 7 heteroatoms. The molecule has 0 unspecified atom stereocenters. The maximum absolute atomic E-state index is 12.5. The van der Waals surface area contributed by atoms with Gasteiger partial charge in [0.05, 0.1) is 19.2 Å². The largest absolute Gasteiger partial charge is 0.493 e. The number of amides is 1. The third kappa shape index (κ3) is 5.19. The maximum Gasteiger partial charge on any atom is 0.260 e. The zero-order chi connectivity index (χ0) is 19.1. The summed E-state index contributed by atoms with van der Waals surface area (Å²) in [5.41, 5.74) is 0.929. The van der Waals surface area contributed by atoms with E-state index >= 15 is 0 Å². The first-order valence-electron chi connectivity index (χ1n) is 8.05. The van der Waals surface area contributed by atoms with Crippen molar-refractivity contribution < 1.29 is 19.0 Å². The minimum Gasteiger partial charge on any atom is -0.493 e. The number of likely N-dealkylation sites (N-methyl/N-ethyl adjacent to an activating group) is 1. The maximum atomic E-state index is 12.5. The molecule has 0 bridgehead atoms. The fraction of sp³-hybridized carbons (Fsp3) is 0.316. The molecular formula is C19H21Cl2NO4. The van der Waals surface area contributed by atoms with E-state index in [1.807, 2.05) is 25.1 Å². The Bertz CT molecular complexity index is 767. The van der Waals surface area contributed by atoms with Crippen molar-refractivity contribution >= 4 is 29.1 Å². The molecule has 0 aliphatic carbocycles. The molecule has 0 atom stereocenters. The molecule has 5 nitrogen and oxygen atoms in total. The van der Waals surface area contributed by atoms with E-state index in [0.717, 1.165) is 5.56 Å². The lowest BCUT2D eigenvalue weighted by Crippen LogP contribution is -2.34. The molecule has 1 amide bonds. The van der Waals surface area contributed by atoms with E-state index in [1.165, 1.54) is 0 Å². The van der Waals surface area contributed by atoms with Gasteiger partial charge in [-0.25, -0.2) is 0 Å². The van der Waals surface area contributed by atoms with Gasteiger partial charge in [-0.3, -0.25) is 4.79 Å². The molecule has 0 aliphatic heterocycles. The molecule has 0 N–H and O–H groups in total. The van der Waals surface area contributed by atoms with Gasteiger partial charge in [-0.05, 0) is 36.8 Å². The van der Waals surface area contributed by atoms with Crippen LogP contribution in [0.25, 0.3) is 0 Å². The van der Waals surface area contributed by atoms with Crippen LogP contribution in [0.3, 0.4) is 0 Å². The van der Waals surface area contributed by atoms with Crippen molar-refractivity contribution in [3.8, 4) is 17.2 Å². The average Bonchev–Trinajstić information content (AvgIpc) is 2.66. The van der Waals surface area contributed by atoms with Crippen molar-refractivity contribution in [2.45, 2.75) is 13.5 Å². The second-order valence-electron chi connectivity index (χ2n) is 5.46. The van der Waals surface area contributed by atoms with Gasteiger partial charge in [0.2, 0.25) is 0 Å². The minimum absolute atomic E-state index is 0.124. The van der Waals surface area contributed by atoms with Crippen LogP contribution in [0.1, 0.15) is 12.5 Å². The SMILES string of the molecule is CCN(Cc1ccc(OC)c(OC)c1)C(=O)COc1cc(Cl)ccc1Cl. The molecule has 0 heterocycles. The Morgan fingerprint density at radius 3 is 2.38 bits per heavy atom. The first kappa shape index (κ1) is 20.2. The quantitative estimate of drug-likeness (QED) is 0.660. The number of benzene rings is 2. The van der Waals surface area contributed by atoms with Crippen LogP contribution in [0.15, 0.2) is 36.4 Å². The summed E-state index contributed by atoms with van der Waals surface area (Å²) in [6.07, 6.45) is 0. The number of hydrogen-bond acceptors (Lipinski definition) is 4. The Morgan fingerprint density at radius 1 is 1.00 bits per heavy atom. The van der Waals surface area contributed by atoms with Crippen molar-refractivity contribution in [2.24, 2.45) is 0 Å². The Hall–Kier alpha value is -2.11. The van der Waals surface area contributed by atoms with Crippen LogP contribution in [-0.2, 0) is 11.3 Å². The second kappa shape index (κ2) is 9.55. The molecule has 140 valence electrons. The molecule has 2 rings (SSSR count). The van der Waals surface area contributed by atoms with Gasteiger partial charge < -0.3 is 19.1 Å². The third-order valence-corrected chi connectivity index (χ3v) is 4.35. The van der Waals surface area contributed by atoms with Crippen molar-refractivity contribution in [1.82, 2.24) is 4.90 Å². The van der Waals surface area contributed by atoms with Gasteiger partial charge in [-0.1, -0.05) is 29.3 Å². The molecule has 2 aromatic rings. The standard InChI is InChI=1S/C19H21Cl2NO4/c1-4-22(11-13-5-8-16(24-2)18(9-13)25-3)19(23)12-26-17-10-14(20)6-7-15(17)21/h5-10H,4,11-12H2,1-3H3. The Balaban J connectivity index is 2.03. The summed E-state index contributed by atoms with van der Waals surface area (Å²) >= 11 is 12.0. The highest BCUT2D eigenvalue weighted by Crippen LogP contribution is 2.29. The molecule has 0 radical (unpaired) electrons. The number of carbonyl (C=O) groups excluding carboxylic acids is 1. The fourth-order valence-electron chi connectivity index (χ4n) is 2.39. The summed E-state index contributed by atoms with van der Waals surface area (Å²) in [6.45, 7) is 2.76. The molecule has 0 aromatic heterocycles. The van der Waals surface area contributed by atoms with Gasteiger partial charge >= 0.3 is 0 Å². The van der Waals surface area contributed by atoms with Crippen molar-refractivity contribution in [1.29, 1.82) is 0 Å². The summed E-state index contributed by atoms with van der Waals surface area (Å²) in [4.78, 5) is 14.2. The first-order chi connectivity index (χ1) is 12.5. The topological polar surface area (TPSA) is 48.0 Å². The van der Waals surface area contributed by atoms with Crippen LogP contribution in [-0.4, -0.2) is 38.2 Å². The zero-order valence-electron chi connectivity index (χ0n) is 14.9. The van der Waals surface area contributed by atoms with Crippen molar-refractivity contribution in [2.75, 3.05) is 27.4 Å². The van der Waals surface area contributed by atoms with E-state index in [2.05, 4.69) is 0 Å². The van der Waals surface area contributed by atoms with Crippen LogP contribution in [0.4, 0.5) is 0 Å². The third-order valence-electron chi connectivity index (χ3n) is 3.80. The lowest BCUT2D eigenvalue weighted by molar-refractivity contribution is -0.133. The van der Waals surface area contributed by atoms with Gasteiger partial charge in [0.25, 0.3) is 5.91 Å². The lowest BCUT2D eigenvalue weighted by atomic mass is 10.2. The number of halogens is 2. The van der Waals surface area contributed by atoms with Gasteiger partial charge in [0.15, 0.2) is 18.1 Å². The highest BCUT2D eigenvalue weighted by Gasteiger charge is 2.15. The summed E-state index contributed by atoms with van der Waals surface area (Å²) < 4.78 is 16.1. The number of methoxy groups -OCH3 is 2. The summed E-state index contributed by atoms with van der Waals surface area (Å²) in [5.74, 6) is 1.49. The van der Waals surface area contributed by atoms with Crippen LogP contribution in [0.2, 0.25) is 10.0 Å². The molecule has 0 fully saturated rings. The highest BCUT2D eigenvalue weighted by atomic mass is 35.5. The molecule has 0 saturated carbocycles. The molecule has 0 spiro atoms. The zero-order valence-corrected chi connectivity index (χ0v) is 16.4. The Labute approximate surface area is 163 Å². The number of ether oxygens (including phenoxy) is 3. The predicted molar refractivity (Wildman–Crippen MR) is 103 cm³/mol. The van der Waals surface area contributed by atoms with E-state index in [9.17, 15) is 4.79 Å². The monoisotopic (exact) mass is 397 g/mol. The van der Waals surface area contributed by atoms with Crippen molar-refractivity contribution in [3.05, 3.63) is 52.0 Å².